The van der Waals surface area contributed by atoms with Crippen LogP contribution in [0.5, 0.6) is 5.75 Å². The van der Waals surface area contributed by atoms with Gasteiger partial charge in [0, 0.05) is 5.56 Å². The fourth-order valence-electron chi connectivity index (χ4n) is 1.38. The second kappa shape index (κ2) is 4.21. The summed E-state index contributed by atoms with van der Waals surface area (Å²) in [4.78, 5) is 4.66. The second-order valence-corrected chi connectivity index (χ2v) is 4.10. The highest BCUT2D eigenvalue weighted by molar-refractivity contribution is 7.16. The Morgan fingerprint density at radius 2 is 2.31 bits per heavy atom. The van der Waals surface area contributed by atoms with Crippen LogP contribution in [-0.4, -0.2) is 12.1 Å². The first-order chi connectivity index (χ1) is 7.74. The van der Waals surface area contributed by atoms with E-state index in [0.29, 0.717) is 15.7 Å². The number of hydrogen-bond donors (Lipinski definition) is 1. The van der Waals surface area contributed by atoms with Crippen LogP contribution in [0.25, 0.3) is 11.3 Å². The minimum atomic E-state index is 0.398. The van der Waals surface area contributed by atoms with Crippen molar-refractivity contribution in [2.75, 3.05) is 12.8 Å². The van der Waals surface area contributed by atoms with Gasteiger partial charge in [-0.2, -0.15) is 5.26 Å². The number of methoxy groups -OCH3 is 1. The van der Waals surface area contributed by atoms with Crippen LogP contribution in [0.1, 0.15) is 4.88 Å². The van der Waals surface area contributed by atoms with E-state index in [1.807, 2.05) is 24.3 Å². The van der Waals surface area contributed by atoms with Crippen molar-refractivity contribution in [1.29, 1.82) is 5.26 Å². The quantitative estimate of drug-likeness (QED) is 0.860. The predicted octanol–water partition coefficient (Wildman–Crippen LogP) is 2.27. The van der Waals surface area contributed by atoms with Crippen LogP contribution in [0.2, 0.25) is 0 Å². The van der Waals surface area contributed by atoms with Gasteiger partial charge in [0.2, 0.25) is 0 Å². The van der Waals surface area contributed by atoms with Gasteiger partial charge in [-0.25, -0.2) is 4.98 Å². The van der Waals surface area contributed by atoms with E-state index in [-0.39, 0.29) is 0 Å². The molecule has 0 bridgehead atoms. The molecule has 0 amide bonds. The van der Waals surface area contributed by atoms with Crippen molar-refractivity contribution >= 4 is 16.5 Å². The normalized spacial score (nSPS) is 9.75. The van der Waals surface area contributed by atoms with Crippen molar-refractivity contribution in [2.24, 2.45) is 0 Å². The number of anilines is 1. The topological polar surface area (TPSA) is 71.9 Å². The molecule has 0 saturated heterocycles. The summed E-state index contributed by atoms with van der Waals surface area (Å²) in [5.41, 5.74) is 7.04. The summed E-state index contributed by atoms with van der Waals surface area (Å²) in [5, 5.41) is 9.35. The molecule has 0 unspecified atom stereocenters. The molecule has 0 radical (unpaired) electrons. The highest BCUT2D eigenvalue weighted by atomic mass is 32.1. The maximum Gasteiger partial charge on any atom is 0.181 e. The number of nitriles is 1. The Hall–Kier alpha value is -2.06. The van der Waals surface area contributed by atoms with Crippen LogP contribution in [-0.2, 0) is 0 Å². The largest absolute Gasteiger partial charge is 0.497 e. The third kappa shape index (κ3) is 1.83. The molecule has 1 aromatic heterocycles. The molecule has 0 aliphatic carbocycles. The third-order valence-electron chi connectivity index (χ3n) is 2.09. The molecule has 0 aliphatic rings. The Labute approximate surface area is 96.9 Å². The summed E-state index contributed by atoms with van der Waals surface area (Å²) in [6, 6.07) is 9.48. The van der Waals surface area contributed by atoms with Crippen molar-refractivity contribution in [3.05, 3.63) is 29.1 Å². The number of benzene rings is 1. The molecule has 16 heavy (non-hydrogen) atoms. The van der Waals surface area contributed by atoms with Crippen LogP contribution in [0, 0.1) is 11.3 Å². The molecule has 5 heteroatoms. The van der Waals surface area contributed by atoms with E-state index in [1.54, 1.807) is 7.11 Å². The van der Waals surface area contributed by atoms with Crippen molar-refractivity contribution in [1.82, 2.24) is 4.98 Å². The average Bonchev–Trinajstić information content (AvgIpc) is 2.70. The van der Waals surface area contributed by atoms with Crippen molar-refractivity contribution in [3.63, 3.8) is 0 Å². The SMILES string of the molecule is COc1cccc(-c2nc(N)sc2C#N)c1. The lowest BCUT2D eigenvalue weighted by molar-refractivity contribution is 0.415. The molecule has 0 saturated carbocycles. The third-order valence-corrected chi connectivity index (χ3v) is 2.88. The fraction of sp³-hybridized carbons (Fsp3) is 0.0909. The number of rotatable bonds is 2. The Morgan fingerprint density at radius 1 is 1.50 bits per heavy atom. The summed E-state index contributed by atoms with van der Waals surface area (Å²) in [7, 11) is 1.60. The minimum absolute atomic E-state index is 0.398. The molecule has 0 fully saturated rings. The van der Waals surface area contributed by atoms with Crippen molar-refractivity contribution in [3.8, 4) is 23.1 Å². The summed E-state index contributed by atoms with van der Waals surface area (Å²) >= 11 is 1.19. The lowest BCUT2D eigenvalue weighted by Gasteiger charge is -2.01. The molecule has 0 atom stereocenters. The van der Waals surface area contributed by atoms with Crippen LogP contribution < -0.4 is 10.5 Å². The molecule has 2 aromatic rings. The summed E-state index contributed by atoms with van der Waals surface area (Å²) in [6.07, 6.45) is 0. The van der Waals surface area contributed by atoms with E-state index in [9.17, 15) is 0 Å². The standard InChI is InChI=1S/C11H9N3OS/c1-15-8-4-2-3-7(5-8)10-9(6-12)16-11(13)14-10/h2-5H,1H3,(H2,13,14). The lowest BCUT2D eigenvalue weighted by atomic mass is 10.1. The number of ether oxygens (including phenoxy) is 1. The molecular formula is C11H9N3OS. The molecule has 2 N–H and O–H groups in total. The lowest BCUT2D eigenvalue weighted by Crippen LogP contribution is -1.86. The maximum absolute atomic E-state index is 8.95. The van der Waals surface area contributed by atoms with E-state index in [0.717, 1.165) is 11.3 Å². The highest BCUT2D eigenvalue weighted by Gasteiger charge is 2.11. The zero-order valence-corrected chi connectivity index (χ0v) is 9.41. The van der Waals surface area contributed by atoms with Gasteiger partial charge in [0.25, 0.3) is 0 Å². The molecular weight excluding hydrogens is 222 g/mol. The Kier molecular flexibility index (Phi) is 2.75. The van der Waals surface area contributed by atoms with E-state index < -0.39 is 0 Å². The zero-order chi connectivity index (χ0) is 11.5. The predicted molar refractivity (Wildman–Crippen MR) is 63.2 cm³/mol. The Balaban J connectivity index is 2.54. The van der Waals surface area contributed by atoms with Gasteiger partial charge in [-0.15, -0.1) is 0 Å². The van der Waals surface area contributed by atoms with Gasteiger partial charge in [-0.1, -0.05) is 23.5 Å². The monoisotopic (exact) mass is 231 g/mol. The van der Waals surface area contributed by atoms with E-state index in [4.69, 9.17) is 15.7 Å². The number of thiazole rings is 1. The first-order valence-electron chi connectivity index (χ1n) is 4.55. The fourth-order valence-corrected chi connectivity index (χ4v) is 2.03. The van der Waals surface area contributed by atoms with Crippen LogP contribution in [0.3, 0.4) is 0 Å². The van der Waals surface area contributed by atoms with Gasteiger partial charge < -0.3 is 10.5 Å². The van der Waals surface area contributed by atoms with Gasteiger partial charge >= 0.3 is 0 Å². The van der Waals surface area contributed by atoms with Gasteiger partial charge in [-0.05, 0) is 12.1 Å². The van der Waals surface area contributed by atoms with E-state index >= 15 is 0 Å². The number of hydrogen-bond acceptors (Lipinski definition) is 5. The van der Waals surface area contributed by atoms with Gasteiger partial charge in [-0.3, -0.25) is 0 Å². The maximum atomic E-state index is 8.95. The average molecular weight is 231 g/mol. The number of aromatic nitrogens is 1. The molecule has 1 heterocycles. The number of nitrogens with two attached hydrogens (primary N) is 1. The Morgan fingerprint density at radius 3 is 3.00 bits per heavy atom. The number of nitrogen functional groups attached to an aromatic ring is 1. The Bertz CT molecular complexity index is 557. The van der Waals surface area contributed by atoms with E-state index in [2.05, 4.69) is 11.1 Å². The number of nitrogens with zero attached hydrogens (tertiary/aromatic N) is 2. The van der Waals surface area contributed by atoms with E-state index in [1.165, 1.54) is 11.3 Å². The summed E-state index contributed by atoms with van der Waals surface area (Å²) in [5.74, 6) is 0.730. The molecule has 2 rings (SSSR count). The molecule has 0 spiro atoms. The first-order valence-corrected chi connectivity index (χ1v) is 5.37. The molecule has 0 aliphatic heterocycles. The zero-order valence-electron chi connectivity index (χ0n) is 8.60. The molecule has 1 aromatic carbocycles. The van der Waals surface area contributed by atoms with Crippen LogP contribution >= 0.6 is 11.3 Å². The van der Waals surface area contributed by atoms with Crippen LogP contribution in [0.4, 0.5) is 5.13 Å². The molecule has 4 nitrogen and oxygen atoms in total. The minimum Gasteiger partial charge on any atom is -0.497 e. The molecule has 80 valence electrons. The summed E-state index contributed by atoms with van der Waals surface area (Å²) < 4.78 is 5.12. The van der Waals surface area contributed by atoms with Gasteiger partial charge in [0.15, 0.2) is 5.13 Å². The van der Waals surface area contributed by atoms with Crippen molar-refractivity contribution < 1.29 is 4.74 Å². The van der Waals surface area contributed by atoms with Gasteiger partial charge in [0.05, 0.1) is 7.11 Å². The van der Waals surface area contributed by atoms with Gasteiger partial charge in [0.1, 0.15) is 22.4 Å². The highest BCUT2D eigenvalue weighted by Crippen LogP contribution is 2.30. The summed E-state index contributed by atoms with van der Waals surface area (Å²) in [6.45, 7) is 0. The first kappa shape index (κ1) is 10.5. The second-order valence-electron chi connectivity index (χ2n) is 3.07. The van der Waals surface area contributed by atoms with Crippen molar-refractivity contribution in [2.45, 2.75) is 0 Å². The smallest absolute Gasteiger partial charge is 0.181 e. The van der Waals surface area contributed by atoms with Crippen LogP contribution in [0.15, 0.2) is 24.3 Å².